The number of hydrazone groups is 1. The van der Waals surface area contributed by atoms with Gasteiger partial charge in [-0.1, -0.05) is 34.1 Å². The first-order chi connectivity index (χ1) is 11.9. The van der Waals surface area contributed by atoms with Crippen molar-refractivity contribution in [2.75, 3.05) is 5.43 Å². The molecule has 3 nitrogen and oxygen atoms in total. The van der Waals surface area contributed by atoms with Crippen LogP contribution in [0.4, 0.5) is 18.9 Å². The maximum atomic E-state index is 12.7. The highest BCUT2D eigenvalue weighted by atomic mass is 79.9. The summed E-state index contributed by atoms with van der Waals surface area (Å²) in [5.74, 6) is 1.16. The normalized spacial score (nSPS) is 11.8. The number of halogens is 4. The third-order valence-corrected chi connectivity index (χ3v) is 3.86. The van der Waals surface area contributed by atoms with E-state index in [1.807, 2.05) is 24.3 Å². The second-order valence-corrected chi connectivity index (χ2v) is 6.07. The molecular weight excluding hydrogens is 397 g/mol. The van der Waals surface area contributed by atoms with E-state index in [0.717, 1.165) is 22.2 Å². The SMILES string of the molecule is FC(F)(F)c1cccc(N/N=C/c2ccc(-c3ccc(Br)cc3)o2)c1. The topological polar surface area (TPSA) is 37.5 Å². The number of hydrogen-bond acceptors (Lipinski definition) is 3. The van der Waals surface area contributed by atoms with Gasteiger partial charge in [-0.15, -0.1) is 0 Å². The molecule has 0 saturated heterocycles. The van der Waals surface area contributed by atoms with E-state index in [1.54, 1.807) is 12.1 Å². The molecule has 3 rings (SSSR count). The zero-order chi connectivity index (χ0) is 17.9. The highest BCUT2D eigenvalue weighted by molar-refractivity contribution is 9.10. The van der Waals surface area contributed by atoms with Gasteiger partial charge in [-0.25, -0.2) is 0 Å². The Bertz CT molecular complexity index is 886. The minimum atomic E-state index is -4.39. The number of nitrogens with zero attached hydrogens (tertiary/aromatic N) is 1. The van der Waals surface area contributed by atoms with E-state index in [0.29, 0.717) is 11.5 Å². The van der Waals surface area contributed by atoms with Crippen LogP contribution in [0.15, 0.2) is 74.7 Å². The van der Waals surface area contributed by atoms with Crippen LogP contribution in [-0.2, 0) is 6.18 Å². The van der Waals surface area contributed by atoms with Gasteiger partial charge in [0.2, 0.25) is 0 Å². The minimum Gasteiger partial charge on any atom is -0.455 e. The number of hydrogen-bond donors (Lipinski definition) is 1. The maximum Gasteiger partial charge on any atom is 0.416 e. The molecule has 1 N–H and O–H groups in total. The van der Waals surface area contributed by atoms with Gasteiger partial charge in [-0.2, -0.15) is 18.3 Å². The molecule has 0 aliphatic heterocycles. The number of anilines is 1. The van der Waals surface area contributed by atoms with Gasteiger partial charge in [0, 0.05) is 10.0 Å². The van der Waals surface area contributed by atoms with Gasteiger partial charge in [0.25, 0.3) is 0 Å². The largest absolute Gasteiger partial charge is 0.455 e. The molecule has 7 heteroatoms. The number of furan rings is 1. The fourth-order valence-electron chi connectivity index (χ4n) is 2.13. The van der Waals surface area contributed by atoms with Crippen LogP contribution >= 0.6 is 15.9 Å². The highest BCUT2D eigenvalue weighted by Crippen LogP contribution is 2.30. The lowest BCUT2D eigenvalue weighted by atomic mass is 10.2. The Kier molecular flexibility index (Phi) is 4.94. The van der Waals surface area contributed by atoms with Crippen LogP contribution < -0.4 is 5.43 Å². The van der Waals surface area contributed by atoms with Crippen LogP contribution in [0.5, 0.6) is 0 Å². The van der Waals surface area contributed by atoms with Gasteiger partial charge in [0.05, 0.1) is 17.5 Å². The Hall–Kier alpha value is -2.54. The van der Waals surface area contributed by atoms with Crippen LogP contribution in [0.1, 0.15) is 11.3 Å². The summed E-state index contributed by atoms with van der Waals surface area (Å²) in [5.41, 5.74) is 2.98. The predicted molar refractivity (Wildman–Crippen MR) is 94.5 cm³/mol. The molecule has 3 aromatic rings. The van der Waals surface area contributed by atoms with E-state index >= 15 is 0 Å². The van der Waals surface area contributed by atoms with E-state index in [-0.39, 0.29) is 5.69 Å². The summed E-state index contributed by atoms with van der Waals surface area (Å²) in [6.45, 7) is 0. The molecular formula is C18H12BrF3N2O. The Morgan fingerprint density at radius 1 is 1.00 bits per heavy atom. The second-order valence-electron chi connectivity index (χ2n) is 5.16. The average Bonchev–Trinajstić information content (AvgIpc) is 3.04. The Morgan fingerprint density at radius 2 is 1.76 bits per heavy atom. The molecule has 0 amide bonds. The van der Waals surface area contributed by atoms with Crippen molar-refractivity contribution in [3.8, 4) is 11.3 Å². The Morgan fingerprint density at radius 3 is 2.48 bits per heavy atom. The van der Waals surface area contributed by atoms with Crippen molar-refractivity contribution in [2.24, 2.45) is 5.10 Å². The Labute approximate surface area is 150 Å². The molecule has 0 unspecified atom stereocenters. The molecule has 1 aromatic heterocycles. The molecule has 0 aliphatic carbocycles. The molecule has 25 heavy (non-hydrogen) atoms. The van der Waals surface area contributed by atoms with Crippen molar-refractivity contribution in [1.82, 2.24) is 0 Å². The quantitative estimate of drug-likeness (QED) is 0.413. The molecule has 0 radical (unpaired) electrons. The first-order valence-corrected chi connectivity index (χ1v) is 8.03. The zero-order valence-electron chi connectivity index (χ0n) is 12.7. The summed E-state index contributed by atoms with van der Waals surface area (Å²) in [6, 6.07) is 16.0. The lowest BCUT2D eigenvalue weighted by Gasteiger charge is -2.07. The summed E-state index contributed by atoms with van der Waals surface area (Å²) < 4.78 is 44.6. The van der Waals surface area contributed by atoms with E-state index in [4.69, 9.17) is 4.42 Å². The predicted octanol–water partition coefficient (Wildman–Crippen LogP) is 6.17. The zero-order valence-corrected chi connectivity index (χ0v) is 14.3. The first kappa shape index (κ1) is 17.3. The van der Waals surface area contributed by atoms with Gasteiger partial charge in [-0.05, 0) is 42.5 Å². The van der Waals surface area contributed by atoms with Crippen LogP contribution in [0.3, 0.4) is 0 Å². The van der Waals surface area contributed by atoms with E-state index < -0.39 is 11.7 Å². The summed E-state index contributed by atoms with van der Waals surface area (Å²) in [4.78, 5) is 0. The van der Waals surface area contributed by atoms with Gasteiger partial charge < -0.3 is 4.42 Å². The summed E-state index contributed by atoms with van der Waals surface area (Å²) in [6.07, 6.45) is -2.98. The third kappa shape index (κ3) is 4.51. The molecule has 0 fully saturated rings. The highest BCUT2D eigenvalue weighted by Gasteiger charge is 2.30. The molecule has 128 valence electrons. The molecule has 0 atom stereocenters. The fourth-order valence-corrected chi connectivity index (χ4v) is 2.39. The van der Waals surface area contributed by atoms with Gasteiger partial charge in [0.15, 0.2) is 0 Å². The lowest BCUT2D eigenvalue weighted by Crippen LogP contribution is -2.05. The number of nitrogens with one attached hydrogen (secondary N) is 1. The maximum absolute atomic E-state index is 12.7. The van der Waals surface area contributed by atoms with Crippen molar-refractivity contribution >= 4 is 27.8 Å². The fraction of sp³-hybridized carbons (Fsp3) is 0.0556. The summed E-state index contributed by atoms with van der Waals surface area (Å²) in [7, 11) is 0. The third-order valence-electron chi connectivity index (χ3n) is 3.33. The van der Waals surface area contributed by atoms with Crippen LogP contribution in [0.2, 0.25) is 0 Å². The minimum absolute atomic E-state index is 0.241. The van der Waals surface area contributed by atoms with Crippen LogP contribution in [0, 0.1) is 0 Å². The van der Waals surface area contributed by atoms with Gasteiger partial charge in [-0.3, -0.25) is 5.43 Å². The molecule has 2 aromatic carbocycles. The van der Waals surface area contributed by atoms with Crippen molar-refractivity contribution in [1.29, 1.82) is 0 Å². The number of alkyl halides is 3. The van der Waals surface area contributed by atoms with Gasteiger partial charge in [0.1, 0.15) is 11.5 Å². The molecule has 0 aliphatic rings. The molecule has 0 bridgehead atoms. The van der Waals surface area contributed by atoms with Gasteiger partial charge >= 0.3 is 6.18 Å². The van der Waals surface area contributed by atoms with Crippen molar-refractivity contribution in [3.05, 3.63) is 76.5 Å². The van der Waals surface area contributed by atoms with Crippen molar-refractivity contribution < 1.29 is 17.6 Å². The molecule has 0 saturated carbocycles. The van der Waals surface area contributed by atoms with Crippen molar-refractivity contribution in [3.63, 3.8) is 0 Å². The van der Waals surface area contributed by atoms with Crippen LogP contribution in [0.25, 0.3) is 11.3 Å². The average molecular weight is 409 g/mol. The number of rotatable bonds is 4. The first-order valence-electron chi connectivity index (χ1n) is 7.24. The summed E-state index contributed by atoms with van der Waals surface area (Å²) >= 11 is 3.37. The lowest BCUT2D eigenvalue weighted by molar-refractivity contribution is -0.137. The van der Waals surface area contributed by atoms with Crippen LogP contribution in [-0.4, -0.2) is 6.21 Å². The van der Waals surface area contributed by atoms with E-state index in [2.05, 4.69) is 26.5 Å². The second kappa shape index (κ2) is 7.14. The van der Waals surface area contributed by atoms with E-state index in [9.17, 15) is 13.2 Å². The summed E-state index contributed by atoms with van der Waals surface area (Å²) in [5, 5.41) is 3.91. The molecule has 1 heterocycles. The smallest absolute Gasteiger partial charge is 0.416 e. The standard InChI is InChI=1S/C18H12BrF3N2O/c19-14-6-4-12(5-7-14)17-9-8-16(25-17)11-23-24-15-3-1-2-13(10-15)18(20,21)22/h1-11,24H/b23-11+. The number of benzene rings is 2. The molecule has 0 spiro atoms. The van der Waals surface area contributed by atoms with Crippen molar-refractivity contribution in [2.45, 2.75) is 6.18 Å². The van der Waals surface area contributed by atoms with E-state index in [1.165, 1.54) is 18.3 Å². The Balaban J connectivity index is 1.68. The monoisotopic (exact) mass is 408 g/mol.